The normalized spacial score (nSPS) is 13.7. The zero-order valence-electron chi connectivity index (χ0n) is 11.8. The van der Waals surface area contributed by atoms with Crippen molar-refractivity contribution in [3.8, 4) is 0 Å². The monoisotopic (exact) mass is 283 g/mol. The molecule has 3 rings (SSSR count). The third-order valence-corrected chi connectivity index (χ3v) is 3.63. The topological polar surface area (TPSA) is 84.1 Å². The molecule has 0 atom stereocenters. The Morgan fingerprint density at radius 3 is 2.81 bits per heavy atom. The zero-order chi connectivity index (χ0) is 14.8. The molecule has 6 heteroatoms. The average Bonchev–Trinajstić information content (AvgIpc) is 2.53. The lowest BCUT2D eigenvalue weighted by molar-refractivity contribution is 0.0943. The number of nitrogens with one attached hydrogen (secondary N) is 1. The molecule has 0 saturated carbocycles. The van der Waals surface area contributed by atoms with E-state index in [0.29, 0.717) is 0 Å². The number of hydrogen-bond acceptors (Lipinski definition) is 5. The Hall–Kier alpha value is -2.47. The van der Waals surface area contributed by atoms with Crippen molar-refractivity contribution in [2.45, 2.75) is 19.9 Å². The molecule has 0 spiro atoms. The summed E-state index contributed by atoms with van der Waals surface area (Å²) in [5.74, 6) is 5.54. The summed E-state index contributed by atoms with van der Waals surface area (Å²) in [5, 5.41) is 0. The summed E-state index contributed by atoms with van der Waals surface area (Å²) < 4.78 is 0. The van der Waals surface area contributed by atoms with E-state index in [0.717, 1.165) is 31.0 Å². The number of nitrogens with two attached hydrogens (primary N) is 1. The molecule has 21 heavy (non-hydrogen) atoms. The van der Waals surface area contributed by atoms with E-state index >= 15 is 0 Å². The SMILES string of the molecule is Cc1cc(N2CCc3ccccc3C2)nc(C(=O)NN)n1. The number of hydrazine groups is 1. The first-order chi connectivity index (χ1) is 10.2. The third kappa shape index (κ3) is 2.71. The molecule has 1 amide bonds. The molecule has 1 aliphatic rings. The highest BCUT2D eigenvalue weighted by atomic mass is 16.2. The van der Waals surface area contributed by atoms with E-state index in [-0.39, 0.29) is 5.82 Å². The minimum atomic E-state index is -0.475. The van der Waals surface area contributed by atoms with Crippen molar-refractivity contribution in [1.82, 2.24) is 15.4 Å². The maximum atomic E-state index is 11.6. The van der Waals surface area contributed by atoms with Crippen molar-refractivity contribution in [1.29, 1.82) is 0 Å². The molecule has 2 aromatic rings. The number of aromatic nitrogens is 2. The van der Waals surface area contributed by atoms with Gasteiger partial charge in [-0.3, -0.25) is 10.2 Å². The van der Waals surface area contributed by atoms with E-state index < -0.39 is 5.91 Å². The lowest BCUT2D eigenvalue weighted by atomic mass is 10.00. The van der Waals surface area contributed by atoms with Crippen LogP contribution in [0.25, 0.3) is 0 Å². The van der Waals surface area contributed by atoms with Crippen molar-refractivity contribution in [2.24, 2.45) is 5.84 Å². The van der Waals surface area contributed by atoms with Crippen molar-refractivity contribution >= 4 is 11.7 Å². The summed E-state index contributed by atoms with van der Waals surface area (Å²) in [6, 6.07) is 10.3. The van der Waals surface area contributed by atoms with Crippen LogP contribution in [0.4, 0.5) is 5.82 Å². The molecule has 0 fully saturated rings. The number of aryl methyl sites for hydroxylation is 1. The molecule has 0 bridgehead atoms. The van der Waals surface area contributed by atoms with Crippen molar-refractivity contribution in [2.75, 3.05) is 11.4 Å². The predicted molar refractivity (Wildman–Crippen MR) is 79.6 cm³/mol. The van der Waals surface area contributed by atoms with Gasteiger partial charge in [-0.25, -0.2) is 15.8 Å². The Bertz CT molecular complexity index is 686. The van der Waals surface area contributed by atoms with Crippen LogP contribution >= 0.6 is 0 Å². The number of hydrogen-bond donors (Lipinski definition) is 2. The van der Waals surface area contributed by atoms with Gasteiger partial charge in [-0.2, -0.15) is 0 Å². The summed E-state index contributed by atoms with van der Waals surface area (Å²) in [4.78, 5) is 22.2. The first-order valence-corrected chi connectivity index (χ1v) is 6.86. The van der Waals surface area contributed by atoms with Crippen LogP contribution in [0.15, 0.2) is 30.3 Å². The molecule has 3 N–H and O–H groups in total. The molecule has 2 heterocycles. The highest BCUT2D eigenvalue weighted by Gasteiger charge is 2.19. The number of rotatable bonds is 2. The molecular formula is C15H17N5O. The van der Waals surface area contributed by atoms with Gasteiger partial charge in [0.25, 0.3) is 0 Å². The van der Waals surface area contributed by atoms with Crippen LogP contribution in [0, 0.1) is 6.92 Å². The van der Waals surface area contributed by atoms with Crippen LogP contribution in [0.2, 0.25) is 0 Å². The summed E-state index contributed by atoms with van der Waals surface area (Å²) in [6.45, 7) is 3.50. The van der Waals surface area contributed by atoms with Gasteiger partial charge in [0.05, 0.1) is 0 Å². The van der Waals surface area contributed by atoms with Crippen LogP contribution in [0.1, 0.15) is 27.4 Å². The second-order valence-corrected chi connectivity index (χ2v) is 5.10. The average molecular weight is 283 g/mol. The Labute approximate surface area is 123 Å². The molecular weight excluding hydrogens is 266 g/mol. The molecule has 0 unspecified atom stereocenters. The zero-order valence-corrected chi connectivity index (χ0v) is 11.8. The fourth-order valence-corrected chi connectivity index (χ4v) is 2.57. The van der Waals surface area contributed by atoms with Gasteiger partial charge in [-0.05, 0) is 24.5 Å². The van der Waals surface area contributed by atoms with Gasteiger partial charge in [-0.15, -0.1) is 0 Å². The highest BCUT2D eigenvalue weighted by Crippen LogP contribution is 2.23. The first-order valence-electron chi connectivity index (χ1n) is 6.86. The highest BCUT2D eigenvalue weighted by molar-refractivity contribution is 5.90. The van der Waals surface area contributed by atoms with E-state index in [9.17, 15) is 4.79 Å². The van der Waals surface area contributed by atoms with Crippen LogP contribution in [0.5, 0.6) is 0 Å². The Balaban J connectivity index is 1.91. The van der Waals surface area contributed by atoms with Crippen LogP contribution in [-0.4, -0.2) is 22.4 Å². The Morgan fingerprint density at radius 2 is 2.05 bits per heavy atom. The molecule has 0 saturated heterocycles. The standard InChI is InChI=1S/C15H17N5O/c1-10-8-13(18-14(17-10)15(21)19-16)20-7-6-11-4-2-3-5-12(11)9-20/h2-5,8H,6-7,9,16H2,1H3,(H,19,21). The van der Waals surface area contributed by atoms with Crippen molar-refractivity contribution < 1.29 is 4.79 Å². The summed E-state index contributed by atoms with van der Waals surface area (Å²) in [7, 11) is 0. The van der Waals surface area contributed by atoms with E-state index in [1.807, 2.05) is 19.1 Å². The number of carbonyl (C=O) groups excluding carboxylic acids is 1. The summed E-state index contributed by atoms with van der Waals surface area (Å²) in [5.41, 5.74) is 5.49. The number of nitrogens with zero attached hydrogens (tertiary/aromatic N) is 3. The summed E-state index contributed by atoms with van der Waals surface area (Å²) in [6.07, 6.45) is 0.970. The van der Waals surface area contributed by atoms with Gasteiger partial charge < -0.3 is 4.90 Å². The number of nitrogen functional groups attached to an aromatic ring is 1. The number of anilines is 1. The van der Waals surface area contributed by atoms with Crippen LogP contribution in [-0.2, 0) is 13.0 Å². The smallest absolute Gasteiger partial charge is 0.303 e. The molecule has 1 aromatic carbocycles. The van der Waals surface area contributed by atoms with Crippen LogP contribution < -0.4 is 16.2 Å². The fourth-order valence-electron chi connectivity index (χ4n) is 2.57. The van der Waals surface area contributed by atoms with Gasteiger partial charge >= 0.3 is 5.91 Å². The van der Waals surface area contributed by atoms with Crippen molar-refractivity contribution in [3.05, 3.63) is 53.0 Å². The van der Waals surface area contributed by atoms with Gasteiger partial charge in [-0.1, -0.05) is 24.3 Å². The maximum absolute atomic E-state index is 11.6. The molecule has 1 aliphatic heterocycles. The van der Waals surface area contributed by atoms with Crippen molar-refractivity contribution in [3.63, 3.8) is 0 Å². The quantitative estimate of drug-likeness (QED) is 0.487. The first kappa shape index (κ1) is 13.5. The molecule has 108 valence electrons. The van der Waals surface area contributed by atoms with E-state index in [2.05, 4.69) is 38.5 Å². The Morgan fingerprint density at radius 1 is 1.29 bits per heavy atom. The fraction of sp³-hybridized carbons (Fsp3) is 0.267. The number of carbonyl (C=O) groups is 1. The molecule has 0 aliphatic carbocycles. The minimum absolute atomic E-state index is 0.103. The van der Waals surface area contributed by atoms with Crippen LogP contribution in [0.3, 0.4) is 0 Å². The van der Waals surface area contributed by atoms with Gasteiger partial charge in [0.15, 0.2) is 0 Å². The lowest BCUT2D eigenvalue weighted by Crippen LogP contribution is -2.34. The number of fused-ring (bicyclic) bond motifs is 1. The van der Waals surface area contributed by atoms with E-state index in [4.69, 9.17) is 5.84 Å². The third-order valence-electron chi connectivity index (χ3n) is 3.63. The van der Waals surface area contributed by atoms with Gasteiger partial charge in [0.2, 0.25) is 5.82 Å². The predicted octanol–water partition coefficient (Wildman–Crippen LogP) is 0.951. The second kappa shape index (κ2) is 5.49. The maximum Gasteiger partial charge on any atom is 0.303 e. The minimum Gasteiger partial charge on any atom is -0.352 e. The lowest BCUT2D eigenvalue weighted by Gasteiger charge is -2.30. The Kier molecular flexibility index (Phi) is 3.53. The molecule has 6 nitrogen and oxygen atoms in total. The van der Waals surface area contributed by atoms with E-state index in [1.165, 1.54) is 11.1 Å². The van der Waals surface area contributed by atoms with Gasteiger partial charge in [0.1, 0.15) is 5.82 Å². The molecule has 1 aromatic heterocycles. The number of benzene rings is 1. The van der Waals surface area contributed by atoms with Gasteiger partial charge in [0, 0.05) is 24.8 Å². The second-order valence-electron chi connectivity index (χ2n) is 5.10. The summed E-state index contributed by atoms with van der Waals surface area (Å²) >= 11 is 0. The molecule has 0 radical (unpaired) electrons. The number of amides is 1. The largest absolute Gasteiger partial charge is 0.352 e. The van der Waals surface area contributed by atoms with E-state index in [1.54, 1.807) is 0 Å².